The first-order chi connectivity index (χ1) is 16.9. The van der Waals surface area contributed by atoms with Crippen LogP contribution in [-0.2, 0) is 23.2 Å². The van der Waals surface area contributed by atoms with Gasteiger partial charge in [-0.3, -0.25) is 9.59 Å². The predicted molar refractivity (Wildman–Crippen MR) is 140 cm³/mol. The number of para-hydroxylation sites is 1. The van der Waals surface area contributed by atoms with Gasteiger partial charge in [-0.25, -0.2) is 14.1 Å². The lowest BCUT2D eigenvalue weighted by Gasteiger charge is -2.37. The minimum atomic E-state index is -0.283. The fourth-order valence-corrected chi connectivity index (χ4v) is 5.74. The lowest BCUT2D eigenvalue weighted by atomic mass is 9.66. The summed E-state index contributed by atoms with van der Waals surface area (Å²) in [6.07, 6.45) is 4.38. The highest BCUT2D eigenvalue weighted by molar-refractivity contribution is 7.98. The normalized spacial score (nSPS) is 13.9. The third kappa shape index (κ3) is 3.76. The van der Waals surface area contributed by atoms with Gasteiger partial charge in [-0.15, -0.1) is 5.10 Å². The predicted octanol–water partition coefficient (Wildman–Crippen LogP) is 4.84. The Hall–Kier alpha value is -3.39. The third-order valence-electron chi connectivity index (χ3n) is 7.27. The van der Waals surface area contributed by atoms with E-state index in [1.807, 2.05) is 55.6 Å². The maximum Gasteiger partial charge on any atom is 0.265 e. The lowest BCUT2D eigenvalue weighted by molar-refractivity contribution is -0.116. The Labute approximate surface area is 208 Å². The van der Waals surface area contributed by atoms with Gasteiger partial charge in [-0.05, 0) is 49.6 Å². The number of rotatable bonds is 6. The molecule has 7 nitrogen and oxygen atoms in total. The van der Waals surface area contributed by atoms with Gasteiger partial charge in [-0.2, -0.15) is 0 Å². The van der Waals surface area contributed by atoms with Crippen molar-refractivity contribution in [2.75, 3.05) is 11.6 Å². The van der Waals surface area contributed by atoms with Crippen LogP contribution in [0.5, 0.6) is 0 Å². The molecule has 2 aromatic heterocycles. The number of nitrogens with one attached hydrogen (secondary N) is 1. The number of fused-ring (bicyclic) bond motifs is 4. The van der Waals surface area contributed by atoms with Gasteiger partial charge >= 0.3 is 0 Å². The Kier molecular flexibility index (Phi) is 6.01. The van der Waals surface area contributed by atoms with Crippen LogP contribution in [0.2, 0.25) is 0 Å². The summed E-state index contributed by atoms with van der Waals surface area (Å²) in [5.74, 6) is 0.164. The van der Waals surface area contributed by atoms with Gasteiger partial charge < -0.3 is 5.32 Å². The summed E-state index contributed by atoms with van der Waals surface area (Å²) in [6, 6.07) is 15.8. The standard InChI is InChI=1S/C27H29N5O2S/c1-5-27(6-2)15-18-12-8-9-13-19(18)23-22(27)24(34)32-25(29-23)31(30-26(32)35-4)16-21(33)28-20-14-10-7-11-17(20)3/h7-14H,5-6,15-16H2,1-4H3,(H,28,33). The molecule has 8 heteroatoms. The molecule has 5 rings (SSSR count). The molecule has 35 heavy (non-hydrogen) atoms. The maximum atomic E-state index is 14.1. The summed E-state index contributed by atoms with van der Waals surface area (Å²) < 4.78 is 3.12. The minimum Gasteiger partial charge on any atom is -0.324 e. The van der Waals surface area contributed by atoms with Gasteiger partial charge in [0, 0.05) is 16.7 Å². The molecule has 2 heterocycles. The van der Waals surface area contributed by atoms with E-state index in [2.05, 4.69) is 30.3 Å². The number of aryl methyl sites for hydroxylation is 1. The number of nitrogens with zero attached hydrogens (tertiary/aromatic N) is 4. The summed E-state index contributed by atoms with van der Waals surface area (Å²) in [5.41, 5.74) is 5.03. The van der Waals surface area contributed by atoms with E-state index in [1.165, 1.54) is 22.0 Å². The zero-order valence-corrected chi connectivity index (χ0v) is 21.3. The van der Waals surface area contributed by atoms with E-state index in [1.54, 1.807) is 4.40 Å². The first-order valence-electron chi connectivity index (χ1n) is 11.9. The topological polar surface area (TPSA) is 81.3 Å². The highest BCUT2D eigenvalue weighted by atomic mass is 32.2. The fraction of sp³-hybridized carbons (Fsp3) is 0.333. The molecule has 4 aromatic rings. The largest absolute Gasteiger partial charge is 0.324 e. The second-order valence-electron chi connectivity index (χ2n) is 9.10. The smallest absolute Gasteiger partial charge is 0.265 e. The highest BCUT2D eigenvalue weighted by Gasteiger charge is 2.40. The van der Waals surface area contributed by atoms with Gasteiger partial charge in [0.25, 0.3) is 5.56 Å². The monoisotopic (exact) mass is 487 g/mol. The summed E-state index contributed by atoms with van der Waals surface area (Å²) in [6.45, 7) is 6.19. The Bertz CT molecular complexity index is 1500. The average molecular weight is 488 g/mol. The molecular weight excluding hydrogens is 458 g/mol. The molecule has 1 N–H and O–H groups in total. The molecule has 180 valence electrons. The zero-order chi connectivity index (χ0) is 24.7. The summed E-state index contributed by atoms with van der Waals surface area (Å²) >= 11 is 1.38. The summed E-state index contributed by atoms with van der Waals surface area (Å²) in [4.78, 5) is 32.1. The average Bonchev–Trinajstić information content (AvgIpc) is 3.22. The van der Waals surface area contributed by atoms with E-state index < -0.39 is 0 Å². The van der Waals surface area contributed by atoms with Crippen molar-refractivity contribution in [2.24, 2.45) is 0 Å². The molecule has 0 saturated heterocycles. The second-order valence-corrected chi connectivity index (χ2v) is 9.88. The Balaban J connectivity index is 1.68. The molecule has 0 radical (unpaired) electrons. The van der Waals surface area contributed by atoms with Gasteiger partial charge in [-0.1, -0.05) is 68.1 Å². The van der Waals surface area contributed by atoms with Gasteiger partial charge in [0.15, 0.2) is 5.16 Å². The first-order valence-corrected chi connectivity index (χ1v) is 13.2. The number of anilines is 1. The van der Waals surface area contributed by atoms with Crippen molar-refractivity contribution in [2.45, 2.75) is 57.1 Å². The molecule has 0 unspecified atom stereocenters. The number of carbonyl (C=O) groups is 1. The second kappa shape index (κ2) is 9.00. The molecule has 0 fully saturated rings. The number of hydrogen-bond donors (Lipinski definition) is 1. The molecule has 0 bridgehead atoms. The van der Waals surface area contributed by atoms with Crippen molar-refractivity contribution in [1.29, 1.82) is 0 Å². The van der Waals surface area contributed by atoms with Crippen LogP contribution in [0.25, 0.3) is 17.0 Å². The van der Waals surface area contributed by atoms with E-state index in [0.717, 1.165) is 41.6 Å². The molecular formula is C27H29N5O2S. The molecule has 1 amide bonds. The number of amides is 1. The highest BCUT2D eigenvalue weighted by Crippen LogP contribution is 2.44. The quantitative estimate of drug-likeness (QED) is 0.394. The van der Waals surface area contributed by atoms with Crippen LogP contribution in [-0.4, -0.2) is 31.3 Å². The number of thioether (sulfide) groups is 1. The molecule has 0 aliphatic heterocycles. The number of carbonyl (C=O) groups excluding carboxylic acids is 1. The van der Waals surface area contributed by atoms with E-state index in [0.29, 0.717) is 16.6 Å². The zero-order valence-electron chi connectivity index (χ0n) is 20.5. The third-order valence-corrected chi connectivity index (χ3v) is 7.90. The minimum absolute atomic E-state index is 0.0437. The van der Waals surface area contributed by atoms with Crippen LogP contribution in [0.1, 0.15) is 43.4 Å². The van der Waals surface area contributed by atoms with Crippen LogP contribution >= 0.6 is 11.8 Å². The van der Waals surface area contributed by atoms with Crippen molar-refractivity contribution in [1.82, 2.24) is 19.2 Å². The Morgan fingerprint density at radius 3 is 2.54 bits per heavy atom. The van der Waals surface area contributed by atoms with Crippen LogP contribution in [0.15, 0.2) is 58.5 Å². The fourth-order valence-electron chi connectivity index (χ4n) is 5.21. The molecule has 2 aromatic carbocycles. The Morgan fingerprint density at radius 2 is 1.83 bits per heavy atom. The maximum absolute atomic E-state index is 14.1. The van der Waals surface area contributed by atoms with Crippen molar-refractivity contribution >= 4 is 29.1 Å². The van der Waals surface area contributed by atoms with Crippen LogP contribution in [0.3, 0.4) is 0 Å². The van der Waals surface area contributed by atoms with E-state index in [-0.39, 0.29) is 23.4 Å². The number of benzene rings is 2. The van der Waals surface area contributed by atoms with Crippen molar-refractivity contribution in [3.63, 3.8) is 0 Å². The first kappa shape index (κ1) is 23.4. The van der Waals surface area contributed by atoms with Crippen LogP contribution in [0, 0.1) is 6.92 Å². The Morgan fingerprint density at radius 1 is 1.11 bits per heavy atom. The summed E-state index contributed by atoms with van der Waals surface area (Å²) in [5, 5.41) is 8.10. The number of hydrogen-bond acceptors (Lipinski definition) is 5. The van der Waals surface area contributed by atoms with Gasteiger partial charge in [0.2, 0.25) is 11.7 Å². The van der Waals surface area contributed by atoms with E-state index in [9.17, 15) is 9.59 Å². The van der Waals surface area contributed by atoms with E-state index >= 15 is 0 Å². The SMILES string of the molecule is CCC1(CC)Cc2ccccc2-c2nc3n(CC(=O)Nc4ccccc4C)nc(SC)n3c(=O)c21. The lowest BCUT2D eigenvalue weighted by Crippen LogP contribution is -2.39. The van der Waals surface area contributed by atoms with Gasteiger partial charge in [0.05, 0.1) is 11.3 Å². The van der Waals surface area contributed by atoms with Crippen molar-refractivity contribution in [3.05, 3.63) is 75.6 Å². The molecule has 0 atom stereocenters. The van der Waals surface area contributed by atoms with Gasteiger partial charge in [0.1, 0.15) is 6.54 Å². The summed E-state index contributed by atoms with van der Waals surface area (Å²) in [7, 11) is 0. The molecule has 0 spiro atoms. The van der Waals surface area contributed by atoms with Crippen molar-refractivity contribution in [3.8, 4) is 11.3 Å². The molecule has 1 aliphatic rings. The van der Waals surface area contributed by atoms with Crippen LogP contribution in [0.4, 0.5) is 5.69 Å². The van der Waals surface area contributed by atoms with Crippen LogP contribution < -0.4 is 10.9 Å². The molecule has 1 aliphatic carbocycles. The number of aromatic nitrogens is 4. The van der Waals surface area contributed by atoms with Crippen molar-refractivity contribution < 1.29 is 4.79 Å². The van der Waals surface area contributed by atoms with E-state index in [4.69, 9.17) is 4.98 Å². The molecule has 0 saturated carbocycles.